The maximum atomic E-state index is 14.4. The molecule has 0 saturated heterocycles. The number of hydrogen-bond acceptors (Lipinski definition) is 2. The zero-order valence-corrected chi connectivity index (χ0v) is 14.8. The van der Waals surface area contributed by atoms with Crippen LogP contribution in [0.4, 0.5) is 32.3 Å². The molecule has 28 heavy (non-hydrogen) atoms. The lowest BCUT2D eigenvalue weighted by atomic mass is 9.74. The van der Waals surface area contributed by atoms with Gasteiger partial charge in [-0.05, 0) is 26.2 Å². The van der Waals surface area contributed by atoms with Crippen molar-refractivity contribution in [3.63, 3.8) is 0 Å². The van der Waals surface area contributed by atoms with Gasteiger partial charge in [0.2, 0.25) is 11.9 Å². The molecular formula is C18H17F6N3O. The van der Waals surface area contributed by atoms with Crippen LogP contribution in [-0.4, -0.2) is 27.3 Å². The average Bonchev–Trinajstić information content (AvgIpc) is 2.90. The number of carbonyl (C=O) groups excluding carboxylic acids is 1. The molecule has 1 N–H and O–H groups in total. The molecule has 0 aliphatic heterocycles. The Morgan fingerprint density at radius 2 is 1.93 bits per heavy atom. The second kappa shape index (κ2) is 5.87. The van der Waals surface area contributed by atoms with Crippen LogP contribution < -0.4 is 5.32 Å². The molecule has 2 aliphatic rings. The quantitative estimate of drug-likeness (QED) is 0.741. The van der Waals surface area contributed by atoms with E-state index >= 15 is 0 Å². The summed E-state index contributed by atoms with van der Waals surface area (Å²) >= 11 is 0. The summed E-state index contributed by atoms with van der Waals surface area (Å²) in [6.07, 6.45) is 0.270. The van der Waals surface area contributed by atoms with Crippen LogP contribution in [0.2, 0.25) is 0 Å². The van der Waals surface area contributed by atoms with Gasteiger partial charge < -0.3 is 4.57 Å². The molecule has 2 aromatic rings. The number of aromatic nitrogens is 2. The second-order valence-electron chi connectivity index (χ2n) is 7.86. The van der Waals surface area contributed by atoms with E-state index in [-0.39, 0.29) is 17.0 Å². The molecule has 0 spiro atoms. The Labute approximate surface area is 155 Å². The monoisotopic (exact) mass is 405 g/mol. The van der Waals surface area contributed by atoms with E-state index in [0.29, 0.717) is 18.9 Å². The fraction of sp³-hybridized carbons (Fsp3) is 0.556. The van der Waals surface area contributed by atoms with Crippen molar-refractivity contribution in [2.75, 3.05) is 5.32 Å². The van der Waals surface area contributed by atoms with E-state index in [1.807, 2.05) is 6.92 Å². The van der Waals surface area contributed by atoms with Gasteiger partial charge in [0, 0.05) is 36.4 Å². The van der Waals surface area contributed by atoms with Crippen LogP contribution in [0.1, 0.15) is 39.0 Å². The Hall–Kier alpha value is -2.26. The van der Waals surface area contributed by atoms with Crippen molar-refractivity contribution >= 4 is 22.9 Å². The molecule has 152 valence electrons. The molecule has 2 aliphatic carbocycles. The Kier molecular flexibility index (Phi) is 4.00. The van der Waals surface area contributed by atoms with Gasteiger partial charge in [0.15, 0.2) is 5.82 Å². The first kappa shape index (κ1) is 19.1. The SMILES string of the molecule is CC1(n2c(NC(=O)CC3CC(F)(F)C3(F)F)nc3cc(F)cc(F)c32)CCC1. The third-order valence-corrected chi connectivity index (χ3v) is 5.83. The molecule has 2 saturated carbocycles. The number of fused-ring (bicyclic) bond motifs is 1. The predicted octanol–water partition coefficient (Wildman–Crippen LogP) is 4.83. The van der Waals surface area contributed by atoms with Crippen LogP contribution >= 0.6 is 0 Å². The van der Waals surface area contributed by atoms with Crippen LogP contribution in [0.5, 0.6) is 0 Å². The Morgan fingerprint density at radius 3 is 2.46 bits per heavy atom. The van der Waals surface area contributed by atoms with Crippen molar-refractivity contribution < 1.29 is 31.1 Å². The summed E-state index contributed by atoms with van der Waals surface area (Å²) in [6, 6.07) is 1.71. The maximum Gasteiger partial charge on any atom is 0.313 e. The van der Waals surface area contributed by atoms with Gasteiger partial charge in [-0.15, -0.1) is 0 Å². The molecule has 0 bridgehead atoms. The average molecular weight is 405 g/mol. The molecule has 1 aromatic heterocycles. The number of nitrogens with zero attached hydrogens (tertiary/aromatic N) is 2. The molecule has 1 atom stereocenters. The van der Waals surface area contributed by atoms with Crippen LogP contribution in [-0.2, 0) is 10.3 Å². The number of hydrogen-bond donors (Lipinski definition) is 1. The van der Waals surface area contributed by atoms with E-state index in [9.17, 15) is 31.1 Å². The molecule has 1 heterocycles. The van der Waals surface area contributed by atoms with E-state index in [4.69, 9.17) is 0 Å². The summed E-state index contributed by atoms with van der Waals surface area (Å²) < 4.78 is 82.2. The Bertz CT molecular complexity index is 966. The summed E-state index contributed by atoms with van der Waals surface area (Å²) in [5.41, 5.74) is -0.607. The normalized spacial score (nSPS) is 24.5. The van der Waals surface area contributed by atoms with Gasteiger partial charge in [0.05, 0.1) is 5.52 Å². The molecule has 1 aromatic carbocycles. The number of carbonyl (C=O) groups is 1. The highest BCUT2D eigenvalue weighted by atomic mass is 19.3. The lowest BCUT2D eigenvalue weighted by Gasteiger charge is -2.43. The highest BCUT2D eigenvalue weighted by Gasteiger charge is 2.71. The molecular weight excluding hydrogens is 388 g/mol. The van der Waals surface area contributed by atoms with Crippen molar-refractivity contribution in [3.05, 3.63) is 23.8 Å². The molecule has 4 rings (SSSR count). The smallest absolute Gasteiger partial charge is 0.302 e. The Balaban J connectivity index is 1.65. The van der Waals surface area contributed by atoms with Crippen LogP contribution in [0, 0.1) is 17.6 Å². The third-order valence-electron chi connectivity index (χ3n) is 5.83. The van der Waals surface area contributed by atoms with Gasteiger partial charge in [-0.25, -0.2) is 13.8 Å². The number of rotatable bonds is 4. The van der Waals surface area contributed by atoms with Crippen LogP contribution in [0.25, 0.3) is 11.0 Å². The molecule has 1 amide bonds. The molecule has 0 radical (unpaired) electrons. The Morgan fingerprint density at radius 1 is 1.25 bits per heavy atom. The predicted molar refractivity (Wildman–Crippen MR) is 88.4 cm³/mol. The fourth-order valence-electron chi connectivity index (χ4n) is 3.99. The van der Waals surface area contributed by atoms with Crippen molar-refractivity contribution in [1.82, 2.24) is 9.55 Å². The van der Waals surface area contributed by atoms with Gasteiger partial charge in [-0.3, -0.25) is 10.1 Å². The highest BCUT2D eigenvalue weighted by molar-refractivity contribution is 5.92. The summed E-state index contributed by atoms with van der Waals surface area (Å²) in [7, 11) is 0. The van der Waals surface area contributed by atoms with E-state index in [1.165, 1.54) is 4.57 Å². The molecule has 1 unspecified atom stereocenters. The number of halogens is 6. The van der Waals surface area contributed by atoms with E-state index in [2.05, 4.69) is 10.3 Å². The van der Waals surface area contributed by atoms with Gasteiger partial charge in [-0.1, -0.05) is 0 Å². The molecule has 4 nitrogen and oxygen atoms in total. The number of amides is 1. The first-order valence-corrected chi connectivity index (χ1v) is 8.88. The number of imidazole rings is 1. The lowest BCUT2D eigenvalue weighted by molar-refractivity contribution is -0.313. The lowest BCUT2D eigenvalue weighted by Crippen LogP contribution is -2.59. The second-order valence-corrected chi connectivity index (χ2v) is 7.86. The number of anilines is 1. The van der Waals surface area contributed by atoms with Crippen molar-refractivity contribution in [2.24, 2.45) is 5.92 Å². The highest BCUT2D eigenvalue weighted by Crippen LogP contribution is 2.56. The molecule has 10 heteroatoms. The maximum absolute atomic E-state index is 14.4. The summed E-state index contributed by atoms with van der Waals surface area (Å²) in [5, 5.41) is 2.33. The summed E-state index contributed by atoms with van der Waals surface area (Å²) in [4.78, 5) is 16.3. The zero-order valence-electron chi connectivity index (χ0n) is 14.8. The van der Waals surface area contributed by atoms with E-state index in [1.54, 1.807) is 0 Å². The largest absolute Gasteiger partial charge is 0.313 e. The van der Waals surface area contributed by atoms with Gasteiger partial charge >= 0.3 is 11.8 Å². The van der Waals surface area contributed by atoms with Gasteiger partial charge in [-0.2, -0.15) is 17.6 Å². The van der Waals surface area contributed by atoms with Crippen LogP contribution in [0.3, 0.4) is 0 Å². The van der Waals surface area contributed by atoms with Crippen molar-refractivity contribution in [2.45, 2.75) is 56.4 Å². The summed E-state index contributed by atoms with van der Waals surface area (Å²) in [5.74, 6) is -12.9. The van der Waals surface area contributed by atoms with Crippen molar-refractivity contribution in [3.8, 4) is 0 Å². The van der Waals surface area contributed by atoms with Crippen molar-refractivity contribution in [1.29, 1.82) is 0 Å². The third kappa shape index (κ3) is 2.68. The first-order chi connectivity index (χ1) is 12.9. The standard InChI is InChI=1S/C18H17F6N3O/c1-16(3-2-4-16)27-14-11(20)6-10(19)7-12(14)25-15(27)26-13(28)5-9-8-17(21,22)18(9,23)24/h6-7,9H,2-5,8H2,1H3,(H,25,26,28). The minimum absolute atomic E-state index is 0.000549. The zero-order chi connectivity index (χ0) is 20.5. The first-order valence-electron chi connectivity index (χ1n) is 8.88. The van der Waals surface area contributed by atoms with E-state index in [0.717, 1.165) is 12.5 Å². The van der Waals surface area contributed by atoms with E-state index < -0.39 is 53.7 Å². The topological polar surface area (TPSA) is 46.9 Å². The number of benzene rings is 1. The van der Waals surface area contributed by atoms with Crippen LogP contribution in [0.15, 0.2) is 12.1 Å². The number of alkyl halides is 4. The summed E-state index contributed by atoms with van der Waals surface area (Å²) in [6.45, 7) is 1.82. The minimum atomic E-state index is -4.25. The minimum Gasteiger partial charge on any atom is -0.302 e. The van der Waals surface area contributed by atoms with Gasteiger partial charge in [0.1, 0.15) is 11.3 Å². The number of nitrogens with one attached hydrogen (secondary N) is 1. The molecule has 2 fully saturated rings. The van der Waals surface area contributed by atoms with Gasteiger partial charge in [0.25, 0.3) is 0 Å². The fourth-order valence-corrected chi connectivity index (χ4v) is 3.99.